The summed E-state index contributed by atoms with van der Waals surface area (Å²) < 4.78 is 1.24. The maximum Gasteiger partial charge on any atom is 0.0207 e. The maximum absolute atomic E-state index is 3.60. The topological polar surface area (TPSA) is 12.0 Å². The van der Waals surface area contributed by atoms with Crippen molar-refractivity contribution in [3.63, 3.8) is 0 Å². The summed E-state index contributed by atoms with van der Waals surface area (Å²) in [7, 11) is 0. The second kappa shape index (κ2) is 4.45. The van der Waals surface area contributed by atoms with Crippen LogP contribution in [0.25, 0.3) is 0 Å². The molecule has 1 nitrogen and oxygen atoms in total. The SMILES string of the molecule is Cc1ccc(C2CCNCC2)cc1Br. The molecule has 1 aliphatic rings. The van der Waals surface area contributed by atoms with Gasteiger partial charge in [-0.1, -0.05) is 28.1 Å². The predicted octanol–water partition coefficient (Wildman–Crippen LogP) is 3.22. The lowest BCUT2D eigenvalue weighted by Gasteiger charge is -2.23. The molecule has 0 aliphatic carbocycles. The molecule has 0 unspecified atom stereocenters. The van der Waals surface area contributed by atoms with Crippen molar-refractivity contribution < 1.29 is 0 Å². The monoisotopic (exact) mass is 253 g/mol. The van der Waals surface area contributed by atoms with Crippen LogP contribution in [-0.2, 0) is 0 Å². The van der Waals surface area contributed by atoms with E-state index in [2.05, 4.69) is 46.4 Å². The van der Waals surface area contributed by atoms with Crippen LogP contribution in [0.1, 0.15) is 29.9 Å². The molecule has 1 saturated heterocycles. The molecule has 2 heteroatoms. The third kappa shape index (κ3) is 2.18. The zero-order valence-corrected chi connectivity index (χ0v) is 10.1. The zero-order chi connectivity index (χ0) is 9.97. The Morgan fingerprint density at radius 2 is 2.00 bits per heavy atom. The van der Waals surface area contributed by atoms with Crippen molar-refractivity contribution in [1.29, 1.82) is 0 Å². The summed E-state index contributed by atoms with van der Waals surface area (Å²) in [5, 5.41) is 3.40. The van der Waals surface area contributed by atoms with Gasteiger partial charge in [-0.3, -0.25) is 0 Å². The number of nitrogens with one attached hydrogen (secondary N) is 1. The third-order valence-electron chi connectivity index (χ3n) is 3.01. The highest BCUT2D eigenvalue weighted by atomic mass is 79.9. The Morgan fingerprint density at radius 1 is 1.29 bits per heavy atom. The van der Waals surface area contributed by atoms with E-state index >= 15 is 0 Å². The van der Waals surface area contributed by atoms with Gasteiger partial charge in [-0.2, -0.15) is 0 Å². The highest BCUT2D eigenvalue weighted by Crippen LogP contribution is 2.28. The van der Waals surface area contributed by atoms with E-state index in [-0.39, 0.29) is 0 Å². The van der Waals surface area contributed by atoms with Crippen molar-refractivity contribution in [3.05, 3.63) is 33.8 Å². The molecular weight excluding hydrogens is 238 g/mol. The first-order valence-electron chi connectivity index (χ1n) is 5.24. The Kier molecular flexibility index (Phi) is 3.24. The molecule has 0 amide bonds. The van der Waals surface area contributed by atoms with Gasteiger partial charge in [0.15, 0.2) is 0 Å². The first-order chi connectivity index (χ1) is 6.77. The first kappa shape index (κ1) is 10.2. The van der Waals surface area contributed by atoms with Crippen LogP contribution in [0.2, 0.25) is 0 Å². The normalized spacial score (nSPS) is 18.4. The Bertz CT molecular complexity index is 316. The van der Waals surface area contributed by atoms with Gasteiger partial charge < -0.3 is 5.32 Å². The second-order valence-corrected chi connectivity index (χ2v) is 4.89. The van der Waals surface area contributed by atoms with Gasteiger partial charge in [0, 0.05) is 4.47 Å². The molecule has 0 bridgehead atoms. The highest BCUT2D eigenvalue weighted by molar-refractivity contribution is 9.10. The number of halogens is 1. The summed E-state index contributed by atoms with van der Waals surface area (Å²) in [6, 6.07) is 6.77. The van der Waals surface area contributed by atoms with Gasteiger partial charge in [-0.25, -0.2) is 0 Å². The molecule has 1 fully saturated rings. The van der Waals surface area contributed by atoms with Crippen LogP contribution in [0.15, 0.2) is 22.7 Å². The quantitative estimate of drug-likeness (QED) is 0.811. The van der Waals surface area contributed by atoms with Gasteiger partial charge in [0.2, 0.25) is 0 Å². The second-order valence-electron chi connectivity index (χ2n) is 4.03. The number of hydrogen-bond donors (Lipinski definition) is 1. The summed E-state index contributed by atoms with van der Waals surface area (Å²) in [6.45, 7) is 4.46. The van der Waals surface area contributed by atoms with E-state index in [4.69, 9.17) is 0 Å². The highest BCUT2D eigenvalue weighted by Gasteiger charge is 2.15. The fourth-order valence-corrected chi connectivity index (χ4v) is 2.41. The van der Waals surface area contributed by atoms with Gasteiger partial charge in [0.25, 0.3) is 0 Å². The van der Waals surface area contributed by atoms with Crippen LogP contribution < -0.4 is 5.32 Å². The standard InChI is InChI=1S/C12H16BrN/c1-9-2-3-11(8-12(9)13)10-4-6-14-7-5-10/h2-3,8,10,14H,4-7H2,1H3. The molecule has 1 aromatic carbocycles. The van der Waals surface area contributed by atoms with Crippen molar-refractivity contribution in [2.75, 3.05) is 13.1 Å². The van der Waals surface area contributed by atoms with Crippen LogP contribution >= 0.6 is 15.9 Å². The average molecular weight is 254 g/mol. The molecule has 1 aliphatic heterocycles. The maximum atomic E-state index is 3.60. The van der Waals surface area contributed by atoms with E-state index in [0.717, 1.165) is 19.0 Å². The van der Waals surface area contributed by atoms with E-state index in [9.17, 15) is 0 Å². The molecule has 14 heavy (non-hydrogen) atoms. The molecule has 0 saturated carbocycles. The summed E-state index contributed by atoms with van der Waals surface area (Å²) in [5.41, 5.74) is 2.81. The molecule has 2 rings (SSSR count). The Labute approximate surface area is 94.0 Å². The Balaban J connectivity index is 2.18. The van der Waals surface area contributed by atoms with Crippen molar-refractivity contribution >= 4 is 15.9 Å². The smallest absolute Gasteiger partial charge is 0.0207 e. The van der Waals surface area contributed by atoms with Crippen LogP contribution in [0.5, 0.6) is 0 Å². The van der Waals surface area contributed by atoms with Crippen molar-refractivity contribution in [1.82, 2.24) is 5.32 Å². The first-order valence-corrected chi connectivity index (χ1v) is 6.03. The van der Waals surface area contributed by atoms with Crippen molar-refractivity contribution in [2.24, 2.45) is 0 Å². The van der Waals surface area contributed by atoms with Crippen molar-refractivity contribution in [2.45, 2.75) is 25.7 Å². The molecule has 1 aromatic rings. The average Bonchev–Trinajstić information content (AvgIpc) is 2.23. The number of benzene rings is 1. The minimum atomic E-state index is 0.758. The number of rotatable bonds is 1. The third-order valence-corrected chi connectivity index (χ3v) is 3.86. The Hall–Kier alpha value is -0.340. The summed E-state index contributed by atoms with van der Waals surface area (Å²) in [4.78, 5) is 0. The summed E-state index contributed by atoms with van der Waals surface area (Å²) in [6.07, 6.45) is 2.55. The lowest BCUT2D eigenvalue weighted by Crippen LogP contribution is -2.26. The molecule has 0 aromatic heterocycles. The molecule has 0 radical (unpaired) electrons. The fraction of sp³-hybridized carbons (Fsp3) is 0.500. The minimum absolute atomic E-state index is 0.758. The van der Waals surface area contributed by atoms with Gasteiger partial charge in [-0.05, 0) is 56.0 Å². The van der Waals surface area contributed by atoms with Crippen LogP contribution in [0.3, 0.4) is 0 Å². The Morgan fingerprint density at radius 3 is 2.64 bits per heavy atom. The lowest BCUT2D eigenvalue weighted by molar-refractivity contribution is 0.460. The number of aryl methyl sites for hydroxylation is 1. The molecule has 0 spiro atoms. The fourth-order valence-electron chi connectivity index (χ4n) is 2.02. The van der Waals surface area contributed by atoms with Gasteiger partial charge in [0.05, 0.1) is 0 Å². The van der Waals surface area contributed by atoms with Crippen LogP contribution in [0, 0.1) is 6.92 Å². The van der Waals surface area contributed by atoms with Crippen LogP contribution in [-0.4, -0.2) is 13.1 Å². The van der Waals surface area contributed by atoms with Crippen LogP contribution in [0.4, 0.5) is 0 Å². The molecule has 0 atom stereocenters. The van der Waals surface area contributed by atoms with E-state index < -0.39 is 0 Å². The van der Waals surface area contributed by atoms with Gasteiger partial charge in [-0.15, -0.1) is 0 Å². The minimum Gasteiger partial charge on any atom is -0.317 e. The van der Waals surface area contributed by atoms with Crippen molar-refractivity contribution in [3.8, 4) is 0 Å². The van der Waals surface area contributed by atoms with E-state index in [1.807, 2.05) is 0 Å². The molecule has 76 valence electrons. The van der Waals surface area contributed by atoms with E-state index in [1.165, 1.54) is 28.4 Å². The molecule has 1 heterocycles. The summed E-state index contributed by atoms with van der Waals surface area (Å²) in [5.74, 6) is 0.758. The number of hydrogen-bond acceptors (Lipinski definition) is 1. The summed E-state index contributed by atoms with van der Waals surface area (Å²) >= 11 is 3.60. The largest absolute Gasteiger partial charge is 0.317 e. The lowest BCUT2D eigenvalue weighted by atomic mass is 9.90. The van der Waals surface area contributed by atoms with Gasteiger partial charge in [0.1, 0.15) is 0 Å². The van der Waals surface area contributed by atoms with Gasteiger partial charge >= 0.3 is 0 Å². The predicted molar refractivity (Wildman–Crippen MR) is 63.7 cm³/mol. The van der Waals surface area contributed by atoms with E-state index in [0.29, 0.717) is 0 Å². The molecular formula is C12H16BrN. The van der Waals surface area contributed by atoms with E-state index in [1.54, 1.807) is 0 Å². The zero-order valence-electron chi connectivity index (χ0n) is 8.52. The molecule has 1 N–H and O–H groups in total. The number of piperidine rings is 1.